The largest absolute Gasteiger partial charge is 0.478 e. The maximum Gasteiger partial charge on any atom is 0.328 e. The number of halogens is 1. The fraction of sp³-hybridized carbons (Fsp3) is 0. The number of carboxylic acids is 1. The molecular formula is C9H7BrN2O3. The van der Waals surface area contributed by atoms with Crippen molar-refractivity contribution in [1.29, 1.82) is 0 Å². The summed E-state index contributed by atoms with van der Waals surface area (Å²) in [6.07, 6.45) is 3.16. The van der Waals surface area contributed by atoms with Gasteiger partial charge in [-0.2, -0.15) is 0 Å². The van der Waals surface area contributed by atoms with Crippen molar-refractivity contribution in [2.75, 3.05) is 5.32 Å². The number of nitrogens with zero attached hydrogens (tertiary/aromatic N) is 1. The maximum atomic E-state index is 11.1. The molecule has 0 saturated carbocycles. The number of aromatic nitrogens is 1. The van der Waals surface area contributed by atoms with Crippen molar-refractivity contribution >= 4 is 33.5 Å². The van der Waals surface area contributed by atoms with Crippen LogP contribution in [0.25, 0.3) is 0 Å². The number of pyridine rings is 1. The Bertz CT molecular complexity index is 400. The van der Waals surface area contributed by atoms with Gasteiger partial charge in [-0.1, -0.05) is 0 Å². The Morgan fingerprint density at radius 2 is 2.13 bits per heavy atom. The summed E-state index contributed by atoms with van der Waals surface area (Å²) in [5.74, 6) is -1.68. The molecule has 0 unspecified atom stereocenters. The maximum absolute atomic E-state index is 11.1. The molecule has 0 radical (unpaired) electrons. The standard InChI is InChI=1S/C9H7BrN2O3/c10-7-2-1-6(5-11-7)12-8(13)3-4-9(14)15/h1-5H,(H,12,13)(H,14,15)/b4-3-. The van der Waals surface area contributed by atoms with Crippen LogP contribution in [0.4, 0.5) is 5.69 Å². The number of carboxylic acid groups (broad SMARTS) is 1. The van der Waals surface area contributed by atoms with Gasteiger partial charge in [-0.25, -0.2) is 9.78 Å². The molecule has 1 heterocycles. The number of amides is 1. The molecule has 15 heavy (non-hydrogen) atoms. The minimum Gasteiger partial charge on any atom is -0.478 e. The third-order valence-corrected chi connectivity index (χ3v) is 1.84. The number of aliphatic carboxylic acids is 1. The van der Waals surface area contributed by atoms with Gasteiger partial charge in [-0.15, -0.1) is 0 Å². The highest BCUT2D eigenvalue weighted by Crippen LogP contribution is 2.10. The van der Waals surface area contributed by atoms with Crippen LogP contribution in [0.5, 0.6) is 0 Å². The SMILES string of the molecule is O=C(O)/C=C\C(=O)Nc1ccc(Br)nc1. The molecule has 0 aliphatic heterocycles. The van der Waals surface area contributed by atoms with Gasteiger partial charge in [0.05, 0.1) is 11.9 Å². The average Bonchev–Trinajstić information content (AvgIpc) is 2.19. The summed E-state index contributed by atoms with van der Waals surface area (Å²) >= 11 is 3.15. The first kappa shape index (κ1) is 11.4. The summed E-state index contributed by atoms with van der Waals surface area (Å²) < 4.78 is 0.654. The van der Waals surface area contributed by atoms with Crippen LogP contribution >= 0.6 is 15.9 Å². The molecule has 0 aliphatic rings. The first-order valence-corrected chi connectivity index (χ1v) is 4.71. The number of hydrogen-bond donors (Lipinski definition) is 2. The molecule has 1 aromatic rings. The van der Waals surface area contributed by atoms with Crippen LogP contribution in [0.2, 0.25) is 0 Å². The zero-order valence-electron chi connectivity index (χ0n) is 7.48. The van der Waals surface area contributed by atoms with Gasteiger partial charge in [0, 0.05) is 12.2 Å². The van der Waals surface area contributed by atoms with Gasteiger partial charge < -0.3 is 10.4 Å². The molecule has 0 saturated heterocycles. The lowest BCUT2D eigenvalue weighted by Gasteiger charge is -2.00. The van der Waals surface area contributed by atoms with E-state index in [1.807, 2.05) is 0 Å². The quantitative estimate of drug-likeness (QED) is 0.643. The predicted molar refractivity (Wildman–Crippen MR) is 57.3 cm³/mol. The van der Waals surface area contributed by atoms with Crippen LogP contribution in [-0.4, -0.2) is 22.0 Å². The molecule has 5 nitrogen and oxygen atoms in total. The molecule has 78 valence electrons. The lowest BCUT2D eigenvalue weighted by molar-refractivity contribution is -0.131. The molecular weight excluding hydrogens is 264 g/mol. The summed E-state index contributed by atoms with van der Waals surface area (Å²) in [6, 6.07) is 3.31. The molecule has 0 aliphatic carbocycles. The van der Waals surface area contributed by atoms with Gasteiger partial charge in [0.15, 0.2) is 0 Å². The van der Waals surface area contributed by atoms with Crippen molar-refractivity contribution in [3.63, 3.8) is 0 Å². The topological polar surface area (TPSA) is 79.3 Å². The second kappa shape index (κ2) is 5.26. The summed E-state index contributed by atoms with van der Waals surface area (Å²) in [6.45, 7) is 0. The summed E-state index contributed by atoms with van der Waals surface area (Å²) in [7, 11) is 0. The molecule has 0 spiro atoms. The number of carbonyl (C=O) groups is 2. The minimum absolute atomic E-state index is 0.498. The highest BCUT2D eigenvalue weighted by Gasteiger charge is 1.98. The van der Waals surface area contributed by atoms with E-state index < -0.39 is 11.9 Å². The number of anilines is 1. The van der Waals surface area contributed by atoms with Crippen LogP contribution in [0.1, 0.15) is 0 Å². The molecule has 0 aromatic carbocycles. The van der Waals surface area contributed by atoms with Crippen molar-refractivity contribution in [2.24, 2.45) is 0 Å². The highest BCUT2D eigenvalue weighted by atomic mass is 79.9. The second-order valence-corrected chi connectivity index (χ2v) is 3.34. The van der Waals surface area contributed by atoms with E-state index in [-0.39, 0.29) is 0 Å². The van der Waals surface area contributed by atoms with E-state index in [1.54, 1.807) is 12.1 Å². The zero-order chi connectivity index (χ0) is 11.3. The first-order chi connectivity index (χ1) is 7.08. The summed E-state index contributed by atoms with van der Waals surface area (Å²) in [4.78, 5) is 25.1. The molecule has 1 amide bonds. The summed E-state index contributed by atoms with van der Waals surface area (Å²) in [5.41, 5.74) is 0.498. The Labute approximate surface area is 94.0 Å². The first-order valence-electron chi connectivity index (χ1n) is 3.91. The van der Waals surface area contributed by atoms with E-state index in [0.29, 0.717) is 10.3 Å². The van der Waals surface area contributed by atoms with E-state index in [4.69, 9.17) is 5.11 Å². The van der Waals surface area contributed by atoms with Crippen molar-refractivity contribution in [1.82, 2.24) is 4.98 Å². The van der Waals surface area contributed by atoms with Gasteiger partial charge in [0.25, 0.3) is 0 Å². The van der Waals surface area contributed by atoms with Gasteiger partial charge >= 0.3 is 5.97 Å². The van der Waals surface area contributed by atoms with Gasteiger partial charge in [-0.05, 0) is 28.1 Å². The smallest absolute Gasteiger partial charge is 0.328 e. The fourth-order valence-electron chi connectivity index (χ4n) is 0.781. The van der Waals surface area contributed by atoms with Crippen LogP contribution < -0.4 is 5.32 Å². The van der Waals surface area contributed by atoms with Crippen molar-refractivity contribution in [3.05, 3.63) is 35.1 Å². The normalized spacial score (nSPS) is 10.2. The zero-order valence-corrected chi connectivity index (χ0v) is 9.06. The van der Waals surface area contributed by atoms with Crippen LogP contribution in [-0.2, 0) is 9.59 Å². The third kappa shape index (κ3) is 4.37. The number of carbonyl (C=O) groups excluding carboxylic acids is 1. The van der Waals surface area contributed by atoms with Gasteiger partial charge in [0.2, 0.25) is 5.91 Å². The minimum atomic E-state index is -1.17. The lowest BCUT2D eigenvalue weighted by Crippen LogP contribution is -2.08. The van der Waals surface area contributed by atoms with Crippen LogP contribution in [0, 0.1) is 0 Å². The Kier molecular flexibility index (Phi) is 3.99. The van der Waals surface area contributed by atoms with Gasteiger partial charge in [0.1, 0.15) is 4.60 Å². The Hall–Kier alpha value is -1.69. The number of nitrogens with one attached hydrogen (secondary N) is 1. The Morgan fingerprint density at radius 1 is 1.40 bits per heavy atom. The van der Waals surface area contributed by atoms with E-state index in [2.05, 4.69) is 26.2 Å². The van der Waals surface area contributed by atoms with Crippen molar-refractivity contribution in [3.8, 4) is 0 Å². The van der Waals surface area contributed by atoms with Crippen LogP contribution in [0.15, 0.2) is 35.1 Å². The van der Waals surface area contributed by atoms with Crippen molar-refractivity contribution < 1.29 is 14.7 Å². The van der Waals surface area contributed by atoms with E-state index in [9.17, 15) is 9.59 Å². The van der Waals surface area contributed by atoms with E-state index >= 15 is 0 Å². The molecule has 6 heteroatoms. The lowest BCUT2D eigenvalue weighted by atomic mass is 10.4. The molecule has 1 rings (SSSR count). The van der Waals surface area contributed by atoms with Crippen molar-refractivity contribution in [2.45, 2.75) is 0 Å². The Morgan fingerprint density at radius 3 is 2.67 bits per heavy atom. The van der Waals surface area contributed by atoms with Crippen LogP contribution in [0.3, 0.4) is 0 Å². The number of rotatable bonds is 3. The Balaban J connectivity index is 2.59. The third-order valence-electron chi connectivity index (χ3n) is 1.37. The average molecular weight is 271 g/mol. The second-order valence-electron chi connectivity index (χ2n) is 2.53. The fourth-order valence-corrected chi connectivity index (χ4v) is 1.02. The van der Waals surface area contributed by atoms with E-state index in [0.717, 1.165) is 12.2 Å². The molecule has 2 N–H and O–H groups in total. The monoisotopic (exact) mass is 270 g/mol. The predicted octanol–water partition coefficient (Wildman–Crippen LogP) is 1.42. The van der Waals surface area contributed by atoms with E-state index in [1.165, 1.54) is 6.20 Å². The molecule has 0 atom stereocenters. The molecule has 0 bridgehead atoms. The molecule has 0 fully saturated rings. The highest BCUT2D eigenvalue weighted by molar-refractivity contribution is 9.10. The van der Waals surface area contributed by atoms with Gasteiger partial charge in [-0.3, -0.25) is 4.79 Å². The number of hydrogen-bond acceptors (Lipinski definition) is 3. The molecule has 1 aromatic heterocycles. The summed E-state index contributed by atoms with van der Waals surface area (Å²) in [5, 5.41) is 10.7.